The minimum atomic E-state index is -2.00. The smallest absolute Gasteiger partial charge is 0.298 e. The molecular weight excluding hydrogens is 352 g/mol. The third kappa shape index (κ3) is 3.80. The van der Waals surface area contributed by atoms with Crippen LogP contribution < -0.4 is 13.9 Å². The number of rotatable bonds is 5. The van der Waals surface area contributed by atoms with E-state index in [0.29, 0.717) is 28.2 Å². The van der Waals surface area contributed by atoms with Crippen molar-refractivity contribution in [2.24, 2.45) is 0 Å². The van der Waals surface area contributed by atoms with Gasteiger partial charge >= 0.3 is 0 Å². The van der Waals surface area contributed by atoms with Gasteiger partial charge in [0.15, 0.2) is 11.5 Å². The first-order valence-electron chi connectivity index (χ1n) is 6.71. The van der Waals surface area contributed by atoms with Crippen molar-refractivity contribution in [1.29, 1.82) is 0 Å². The number of ether oxygens (including phenoxy) is 2. The van der Waals surface area contributed by atoms with Crippen molar-refractivity contribution in [3.05, 3.63) is 16.1 Å². The van der Waals surface area contributed by atoms with Gasteiger partial charge in [-0.05, 0) is 47.1 Å². The fourth-order valence-corrected chi connectivity index (χ4v) is 3.24. The molecule has 0 amide bonds. The fraction of sp³-hybridized carbons (Fsp3) is 0.533. The van der Waals surface area contributed by atoms with E-state index in [9.17, 15) is 4.79 Å². The molecule has 1 aromatic carbocycles. The molecule has 0 unspecified atom stereocenters. The van der Waals surface area contributed by atoms with Crippen LogP contribution in [0.5, 0.6) is 17.2 Å². The molecule has 0 aromatic heterocycles. The Hall–Kier alpha value is -1.01. The highest BCUT2D eigenvalue weighted by Gasteiger charge is 2.40. The monoisotopic (exact) mass is 374 g/mol. The predicted molar refractivity (Wildman–Crippen MR) is 89.9 cm³/mol. The molecule has 0 bridgehead atoms. The van der Waals surface area contributed by atoms with Crippen molar-refractivity contribution >= 4 is 30.7 Å². The number of carbonyl (C=O) groups excluding carboxylic acids is 1. The van der Waals surface area contributed by atoms with Crippen LogP contribution in [0.25, 0.3) is 0 Å². The Labute approximate surface area is 136 Å². The predicted octanol–water partition coefficient (Wildman–Crippen LogP) is 4.69. The molecule has 0 radical (unpaired) electrons. The summed E-state index contributed by atoms with van der Waals surface area (Å²) in [6.45, 7) is 13.1. The second-order valence-electron chi connectivity index (χ2n) is 6.42. The van der Waals surface area contributed by atoms with Crippen LogP contribution in [-0.2, 0) is 4.79 Å². The molecule has 21 heavy (non-hydrogen) atoms. The van der Waals surface area contributed by atoms with Crippen LogP contribution in [0.15, 0.2) is 10.5 Å². The maximum Gasteiger partial charge on any atom is 0.298 e. The maximum absolute atomic E-state index is 10.6. The minimum absolute atomic E-state index is 0.0727. The topological polar surface area (TPSA) is 44.8 Å². The zero-order chi connectivity index (χ0) is 16.4. The standard InChI is InChI=1S/C15H23BrO4Si/c1-10-12(19-9-17)8-11(16)14(13(10)18-5)20-21(6,7)15(2,3)4/h8-9H,1-7H3. The number of carbonyl (C=O) groups is 1. The number of benzene rings is 1. The Morgan fingerprint density at radius 2 is 1.81 bits per heavy atom. The number of hydrogen-bond acceptors (Lipinski definition) is 4. The lowest BCUT2D eigenvalue weighted by atomic mass is 10.2. The summed E-state index contributed by atoms with van der Waals surface area (Å²) in [6.07, 6.45) is 0. The lowest BCUT2D eigenvalue weighted by Crippen LogP contribution is -2.44. The summed E-state index contributed by atoms with van der Waals surface area (Å²) in [4.78, 5) is 10.6. The average molecular weight is 375 g/mol. The van der Waals surface area contributed by atoms with Crippen LogP contribution in [0.1, 0.15) is 26.3 Å². The Morgan fingerprint density at radius 1 is 1.24 bits per heavy atom. The van der Waals surface area contributed by atoms with Gasteiger partial charge < -0.3 is 13.9 Å². The molecule has 4 nitrogen and oxygen atoms in total. The summed E-state index contributed by atoms with van der Waals surface area (Å²) in [5.74, 6) is 1.71. The molecule has 0 aliphatic carbocycles. The molecule has 6 heteroatoms. The van der Waals surface area contributed by atoms with E-state index < -0.39 is 8.32 Å². The first-order valence-corrected chi connectivity index (χ1v) is 10.4. The molecule has 0 saturated carbocycles. The molecule has 0 fully saturated rings. The zero-order valence-corrected chi connectivity index (χ0v) is 16.3. The summed E-state index contributed by atoms with van der Waals surface area (Å²) < 4.78 is 17.5. The van der Waals surface area contributed by atoms with Gasteiger partial charge in [0.05, 0.1) is 11.6 Å². The van der Waals surface area contributed by atoms with Gasteiger partial charge in [-0.1, -0.05) is 20.8 Å². The first kappa shape index (κ1) is 18.0. The third-order valence-corrected chi connectivity index (χ3v) is 8.85. The molecule has 118 valence electrons. The van der Waals surface area contributed by atoms with Crippen LogP contribution in [-0.4, -0.2) is 21.9 Å². The molecule has 0 aliphatic heterocycles. The van der Waals surface area contributed by atoms with Crippen molar-refractivity contribution in [3.8, 4) is 17.2 Å². The van der Waals surface area contributed by atoms with E-state index in [1.165, 1.54) is 0 Å². The van der Waals surface area contributed by atoms with Crippen molar-refractivity contribution in [3.63, 3.8) is 0 Å². The van der Waals surface area contributed by atoms with E-state index in [1.807, 2.05) is 6.92 Å². The molecule has 0 heterocycles. The van der Waals surface area contributed by atoms with Crippen molar-refractivity contribution in [2.45, 2.75) is 45.8 Å². The van der Waals surface area contributed by atoms with Crippen LogP contribution >= 0.6 is 15.9 Å². The fourth-order valence-electron chi connectivity index (χ4n) is 1.60. The molecule has 0 spiro atoms. The van der Waals surface area contributed by atoms with Crippen molar-refractivity contribution in [2.75, 3.05) is 7.11 Å². The van der Waals surface area contributed by atoms with E-state index in [0.717, 1.165) is 5.56 Å². The zero-order valence-electron chi connectivity index (χ0n) is 13.7. The molecule has 1 aromatic rings. The summed E-state index contributed by atoms with van der Waals surface area (Å²) in [7, 11) is -0.423. The van der Waals surface area contributed by atoms with Crippen LogP contribution in [0.2, 0.25) is 18.1 Å². The second-order valence-corrected chi connectivity index (χ2v) is 12.0. The maximum atomic E-state index is 10.6. The lowest BCUT2D eigenvalue weighted by Gasteiger charge is -2.37. The second kappa shape index (κ2) is 6.40. The van der Waals surface area contributed by atoms with Crippen molar-refractivity contribution in [1.82, 2.24) is 0 Å². The summed E-state index contributed by atoms with van der Waals surface area (Å²) in [5.41, 5.74) is 0.738. The molecule has 0 saturated heterocycles. The van der Waals surface area contributed by atoms with Gasteiger partial charge in [-0.2, -0.15) is 0 Å². The van der Waals surface area contributed by atoms with Gasteiger partial charge in [0, 0.05) is 5.56 Å². The van der Waals surface area contributed by atoms with Gasteiger partial charge in [-0.25, -0.2) is 0 Å². The van der Waals surface area contributed by atoms with E-state index in [-0.39, 0.29) is 5.04 Å². The Kier molecular flexibility index (Phi) is 5.49. The number of hydrogen-bond donors (Lipinski definition) is 0. The van der Waals surface area contributed by atoms with Gasteiger partial charge in [0.25, 0.3) is 14.8 Å². The van der Waals surface area contributed by atoms with E-state index >= 15 is 0 Å². The van der Waals surface area contributed by atoms with Crippen LogP contribution in [0.4, 0.5) is 0 Å². The SMILES string of the molecule is COc1c(C)c(OC=O)cc(Br)c1O[Si](C)(C)C(C)(C)C. The summed E-state index contributed by atoms with van der Waals surface area (Å²) >= 11 is 3.48. The molecular formula is C15H23BrO4Si. The summed E-state index contributed by atoms with van der Waals surface area (Å²) in [5, 5.41) is 0.0727. The van der Waals surface area contributed by atoms with Crippen molar-refractivity contribution < 1.29 is 18.7 Å². The summed E-state index contributed by atoms with van der Waals surface area (Å²) in [6, 6.07) is 1.73. The third-order valence-electron chi connectivity index (χ3n) is 3.93. The Bertz CT molecular complexity index is 535. The van der Waals surface area contributed by atoms with E-state index in [2.05, 4.69) is 49.8 Å². The number of halogens is 1. The lowest BCUT2D eigenvalue weighted by molar-refractivity contribution is -0.120. The highest BCUT2D eigenvalue weighted by atomic mass is 79.9. The minimum Gasteiger partial charge on any atom is -0.540 e. The van der Waals surface area contributed by atoms with Gasteiger partial charge in [0.2, 0.25) is 0 Å². The van der Waals surface area contributed by atoms with Gasteiger partial charge in [0.1, 0.15) is 5.75 Å². The molecule has 1 rings (SSSR count). The van der Waals surface area contributed by atoms with Gasteiger partial charge in [-0.3, -0.25) is 4.79 Å². The van der Waals surface area contributed by atoms with E-state index in [1.54, 1.807) is 13.2 Å². The highest BCUT2D eigenvalue weighted by molar-refractivity contribution is 9.10. The first-order chi connectivity index (χ1) is 9.55. The molecule has 0 aliphatic rings. The van der Waals surface area contributed by atoms with Gasteiger partial charge in [-0.15, -0.1) is 0 Å². The Morgan fingerprint density at radius 3 is 2.24 bits per heavy atom. The molecule has 0 atom stereocenters. The number of methoxy groups -OCH3 is 1. The average Bonchev–Trinajstić information content (AvgIpc) is 2.34. The highest BCUT2D eigenvalue weighted by Crippen LogP contribution is 2.47. The largest absolute Gasteiger partial charge is 0.540 e. The molecule has 0 N–H and O–H groups in total. The Balaban J connectivity index is 3.37. The van der Waals surface area contributed by atoms with E-state index in [4.69, 9.17) is 13.9 Å². The quantitative estimate of drug-likeness (QED) is 0.554. The van der Waals surface area contributed by atoms with Crippen LogP contribution in [0.3, 0.4) is 0 Å². The van der Waals surface area contributed by atoms with Crippen LogP contribution in [0, 0.1) is 6.92 Å². The normalized spacial score (nSPS) is 12.0.